The number of halogens is 1. The molecule has 0 bridgehead atoms. The second-order valence-electron chi connectivity index (χ2n) is 7.86. The minimum absolute atomic E-state index is 0.0277. The first-order chi connectivity index (χ1) is 12.8. The molecule has 1 atom stereocenters. The lowest BCUT2D eigenvalue weighted by Gasteiger charge is -2.31. The molecule has 1 aliphatic rings. The summed E-state index contributed by atoms with van der Waals surface area (Å²) >= 11 is 3.48. The number of benzene rings is 1. The Hall–Kier alpha value is -1.79. The van der Waals surface area contributed by atoms with Gasteiger partial charge in [-0.25, -0.2) is 0 Å². The normalized spacial score (nSPS) is 16.3. The average molecular weight is 431 g/mol. The fraction of sp³-hybridized carbons (Fsp3) is 0.476. The molecule has 1 heterocycles. The summed E-state index contributed by atoms with van der Waals surface area (Å²) in [6, 6.07) is 8.17. The van der Waals surface area contributed by atoms with Crippen LogP contribution in [0.5, 0.6) is 0 Å². The molecule has 0 amide bonds. The smallest absolute Gasteiger partial charge is 0.171 e. The average Bonchev–Trinajstić information content (AvgIpc) is 3.38. The molecule has 1 aromatic carbocycles. The van der Waals surface area contributed by atoms with Crippen LogP contribution in [0.4, 0.5) is 0 Å². The van der Waals surface area contributed by atoms with E-state index >= 15 is 0 Å². The number of hydrogen-bond acceptors (Lipinski definition) is 4. The van der Waals surface area contributed by atoms with Crippen molar-refractivity contribution < 1.29 is 4.79 Å². The van der Waals surface area contributed by atoms with Gasteiger partial charge >= 0.3 is 0 Å². The van der Waals surface area contributed by atoms with E-state index in [9.17, 15) is 4.79 Å². The van der Waals surface area contributed by atoms with E-state index in [1.54, 1.807) is 17.1 Å². The summed E-state index contributed by atoms with van der Waals surface area (Å²) < 4.78 is 2.82. The van der Waals surface area contributed by atoms with Crippen LogP contribution in [-0.2, 0) is 12.0 Å². The molecule has 2 aromatic rings. The molecule has 0 saturated heterocycles. The number of carbonyl (C=O) groups excluding carboxylic acids is 1. The largest absolute Gasteiger partial charge is 0.308 e. The lowest BCUT2D eigenvalue weighted by Crippen LogP contribution is -2.35. The molecule has 27 heavy (non-hydrogen) atoms. The van der Waals surface area contributed by atoms with Crippen molar-refractivity contribution in [3.63, 3.8) is 0 Å². The predicted molar refractivity (Wildman–Crippen MR) is 112 cm³/mol. The van der Waals surface area contributed by atoms with Gasteiger partial charge in [-0.2, -0.15) is 5.10 Å². The van der Waals surface area contributed by atoms with Crippen LogP contribution in [0.15, 0.2) is 41.1 Å². The Morgan fingerprint density at radius 2 is 2.00 bits per heavy atom. The standard InChI is InChI=1S/C21H27BrN4O/c1-21(16-4-5-16,17-6-8-18(22)9-7-17)20(23)12-19(27)15-13-24-26(14-15)11-10-25(2)3/h6-9,13-14,16,23H,4-5,10-12H2,1-3H3. The molecule has 0 spiro atoms. The van der Waals surface area contributed by atoms with E-state index in [0.717, 1.165) is 36.0 Å². The van der Waals surface area contributed by atoms with Gasteiger partial charge in [0.15, 0.2) is 5.78 Å². The number of ketones is 1. The van der Waals surface area contributed by atoms with Gasteiger partial charge in [0.1, 0.15) is 0 Å². The van der Waals surface area contributed by atoms with Crippen molar-refractivity contribution in [2.45, 2.75) is 38.1 Å². The van der Waals surface area contributed by atoms with Crippen LogP contribution in [0.3, 0.4) is 0 Å². The zero-order chi connectivity index (χ0) is 19.6. The molecular weight excluding hydrogens is 404 g/mol. The van der Waals surface area contributed by atoms with Crippen LogP contribution in [0, 0.1) is 11.3 Å². The van der Waals surface area contributed by atoms with Gasteiger partial charge in [0.05, 0.1) is 18.3 Å². The SMILES string of the molecule is CN(C)CCn1cc(C(=O)CC(=N)C(C)(c2ccc(Br)cc2)C2CC2)cn1. The lowest BCUT2D eigenvalue weighted by molar-refractivity contribution is 0.0998. The van der Waals surface area contributed by atoms with Crippen molar-refractivity contribution in [1.82, 2.24) is 14.7 Å². The summed E-state index contributed by atoms with van der Waals surface area (Å²) in [5.41, 5.74) is 1.83. The van der Waals surface area contributed by atoms with Gasteiger partial charge in [-0.3, -0.25) is 9.48 Å². The molecule has 1 unspecified atom stereocenters. The highest BCUT2D eigenvalue weighted by Gasteiger charge is 2.46. The number of nitrogens with zero attached hydrogens (tertiary/aromatic N) is 3. The highest BCUT2D eigenvalue weighted by Crippen LogP contribution is 2.48. The molecule has 144 valence electrons. The van der Waals surface area contributed by atoms with E-state index in [-0.39, 0.29) is 17.6 Å². The van der Waals surface area contributed by atoms with Gasteiger partial charge in [-0.15, -0.1) is 0 Å². The molecule has 0 radical (unpaired) electrons. The molecule has 1 aromatic heterocycles. The summed E-state index contributed by atoms with van der Waals surface area (Å²) in [4.78, 5) is 14.9. The predicted octanol–water partition coefficient (Wildman–Crippen LogP) is 4.17. The Bertz CT molecular complexity index is 823. The van der Waals surface area contributed by atoms with Crippen molar-refractivity contribution in [3.05, 3.63) is 52.3 Å². The third-order valence-electron chi connectivity index (χ3n) is 5.53. The van der Waals surface area contributed by atoms with E-state index in [1.165, 1.54) is 0 Å². The topological polar surface area (TPSA) is 62.0 Å². The van der Waals surface area contributed by atoms with Crippen LogP contribution in [-0.4, -0.2) is 46.8 Å². The second kappa shape index (κ2) is 8.07. The van der Waals surface area contributed by atoms with E-state index in [0.29, 0.717) is 17.2 Å². The van der Waals surface area contributed by atoms with Gasteiger partial charge in [0.25, 0.3) is 0 Å². The molecule has 1 N–H and O–H groups in total. The second-order valence-corrected chi connectivity index (χ2v) is 8.77. The number of Topliss-reactive ketones (excluding diaryl/α,β-unsaturated/α-hetero) is 1. The van der Waals surface area contributed by atoms with Crippen molar-refractivity contribution in [2.75, 3.05) is 20.6 Å². The fourth-order valence-corrected chi connectivity index (χ4v) is 3.76. The minimum atomic E-state index is -0.378. The lowest BCUT2D eigenvalue weighted by atomic mass is 9.72. The first-order valence-corrected chi connectivity index (χ1v) is 10.1. The maximum atomic E-state index is 12.8. The van der Waals surface area contributed by atoms with Crippen LogP contribution >= 0.6 is 15.9 Å². The Balaban J connectivity index is 1.72. The number of nitrogens with one attached hydrogen (secondary N) is 1. The Morgan fingerprint density at radius 3 is 2.59 bits per heavy atom. The van der Waals surface area contributed by atoms with Crippen LogP contribution in [0.25, 0.3) is 0 Å². The Morgan fingerprint density at radius 1 is 1.33 bits per heavy atom. The minimum Gasteiger partial charge on any atom is -0.308 e. The number of likely N-dealkylation sites (N-methyl/N-ethyl adjacent to an activating group) is 1. The zero-order valence-corrected chi connectivity index (χ0v) is 17.8. The molecule has 3 rings (SSSR count). The summed E-state index contributed by atoms with van der Waals surface area (Å²) in [7, 11) is 4.02. The molecule has 1 aliphatic carbocycles. The van der Waals surface area contributed by atoms with E-state index in [2.05, 4.69) is 45.0 Å². The van der Waals surface area contributed by atoms with Crippen molar-refractivity contribution in [3.8, 4) is 0 Å². The van der Waals surface area contributed by atoms with Gasteiger partial charge in [-0.05, 0) is 57.5 Å². The molecule has 6 heteroatoms. The number of rotatable bonds is 9. The fourth-order valence-electron chi connectivity index (χ4n) is 3.49. The van der Waals surface area contributed by atoms with Crippen molar-refractivity contribution in [1.29, 1.82) is 5.41 Å². The summed E-state index contributed by atoms with van der Waals surface area (Å²) in [5, 5.41) is 13.0. The zero-order valence-electron chi connectivity index (χ0n) is 16.2. The van der Waals surface area contributed by atoms with Crippen molar-refractivity contribution >= 4 is 27.4 Å². The Labute approximate surface area is 169 Å². The Kier molecular flexibility index (Phi) is 5.96. The van der Waals surface area contributed by atoms with E-state index < -0.39 is 0 Å². The van der Waals surface area contributed by atoms with Gasteiger partial charge in [0.2, 0.25) is 0 Å². The maximum absolute atomic E-state index is 12.8. The number of hydrogen-bond donors (Lipinski definition) is 1. The van der Waals surface area contributed by atoms with Gasteiger partial charge < -0.3 is 10.3 Å². The molecule has 1 saturated carbocycles. The van der Waals surface area contributed by atoms with Crippen LogP contribution in [0.1, 0.15) is 42.1 Å². The quantitative estimate of drug-likeness (QED) is 0.479. The third-order valence-corrected chi connectivity index (χ3v) is 6.06. The summed E-state index contributed by atoms with van der Waals surface area (Å²) in [6.07, 6.45) is 5.80. The maximum Gasteiger partial charge on any atom is 0.171 e. The van der Waals surface area contributed by atoms with Gasteiger partial charge in [0, 0.05) is 34.8 Å². The molecule has 5 nitrogen and oxygen atoms in total. The molecule has 1 fully saturated rings. The van der Waals surface area contributed by atoms with Crippen LogP contribution < -0.4 is 0 Å². The monoisotopic (exact) mass is 430 g/mol. The summed E-state index contributed by atoms with van der Waals surface area (Å²) in [5.74, 6) is 0.418. The highest BCUT2D eigenvalue weighted by atomic mass is 79.9. The van der Waals surface area contributed by atoms with E-state index in [4.69, 9.17) is 5.41 Å². The molecule has 0 aliphatic heterocycles. The van der Waals surface area contributed by atoms with Gasteiger partial charge in [-0.1, -0.05) is 28.1 Å². The first-order valence-electron chi connectivity index (χ1n) is 9.35. The van der Waals surface area contributed by atoms with E-state index in [1.807, 2.05) is 26.2 Å². The third kappa shape index (κ3) is 4.55. The van der Waals surface area contributed by atoms with Crippen molar-refractivity contribution in [2.24, 2.45) is 5.92 Å². The number of aromatic nitrogens is 2. The van der Waals surface area contributed by atoms with Crippen LogP contribution in [0.2, 0.25) is 0 Å². The summed E-state index contributed by atoms with van der Waals surface area (Å²) in [6.45, 7) is 3.73. The highest BCUT2D eigenvalue weighted by molar-refractivity contribution is 9.10. The first kappa shape index (κ1) is 20.0. The molecular formula is C21H27BrN4O. The number of carbonyl (C=O) groups is 1.